The van der Waals surface area contributed by atoms with Crippen LogP contribution in [-0.2, 0) is 10.1 Å². The van der Waals surface area contributed by atoms with E-state index in [1.165, 1.54) is 51.4 Å². The Kier molecular flexibility index (Phi) is 9.68. The lowest BCUT2D eigenvalue weighted by atomic mass is 10.1. The molecule has 0 amide bonds. The maximum Gasteiger partial charge on any atom is 0.309 e. The average molecular weight is 391 g/mol. The second kappa shape index (κ2) is 12.0. The van der Waals surface area contributed by atoms with Crippen molar-refractivity contribution in [2.75, 3.05) is 5.75 Å². The third-order valence-corrected chi connectivity index (χ3v) is 6.19. The van der Waals surface area contributed by atoms with E-state index in [4.69, 9.17) is 4.18 Å². The Bertz CT molecular complexity index is 763. The standard InChI is InChI=1S/C23H34O3S/c1-2-3-4-5-6-7-8-9-10-11-14-20-27(24,25)26-23-19-15-17-21-16-12-13-18-22(21)23/h12-13,15-19H,2-11,14,20H2,1H3. The molecule has 0 fully saturated rings. The van der Waals surface area contributed by atoms with Crippen molar-refractivity contribution < 1.29 is 12.6 Å². The third kappa shape index (κ3) is 8.34. The number of benzene rings is 2. The summed E-state index contributed by atoms with van der Waals surface area (Å²) < 4.78 is 29.9. The largest absolute Gasteiger partial charge is 0.382 e. The van der Waals surface area contributed by atoms with Crippen molar-refractivity contribution in [3.63, 3.8) is 0 Å². The SMILES string of the molecule is CCCCCCCCCCCCCS(=O)(=O)Oc1cccc2ccccc12. The predicted molar refractivity (Wildman–Crippen MR) is 115 cm³/mol. The molecule has 27 heavy (non-hydrogen) atoms. The Balaban J connectivity index is 1.63. The van der Waals surface area contributed by atoms with Gasteiger partial charge in [-0.05, 0) is 17.9 Å². The minimum Gasteiger partial charge on any atom is -0.382 e. The second-order valence-corrected chi connectivity index (χ2v) is 9.05. The Hall–Kier alpha value is -1.55. The summed E-state index contributed by atoms with van der Waals surface area (Å²) in [5.41, 5.74) is 0. The highest BCUT2D eigenvalue weighted by Gasteiger charge is 2.14. The van der Waals surface area contributed by atoms with Gasteiger partial charge in [-0.3, -0.25) is 0 Å². The van der Waals surface area contributed by atoms with Gasteiger partial charge in [-0.25, -0.2) is 0 Å². The van der Waals surface area contributed by atoms with E-state index in [-0.39, 0.29) is 5.75 Å². The van der Waals surface area contributed by atoms with Gasteiger partial charge in [0.25, 0.3) is 0 Å². The molecule has 0 aliphatic carbocycles. The quantitative estimate of drug-likeness (QED) is 0.261. The molecule has 0 aromatic heterocycles. The van der Waals surface area contributed by atoms with Gasteiger partial charge in [0.1, 0.15) is 5.75 Å². The van der Waals surface area contributed by atoms with E-state index < -0.39 is 10.1 Å². The van der Waals surface area contributed by atoms with Crippen molar-refractivity contribution >= 4 is 20.9 Å². The molecule has 0 saturated heterocycles. The average Bonchev–Trinajstić information content (AvgIpc) is 2.66. The molecule has 0 saturated carbocycles. The molecular weight excluding hydrogens is 356 g/mol. The molecule has 2 aromatic carbocycles. The van der Waals surface area contributed by atoms with E-state index in [0.29, 0.717) is 12.2 Å². The minimum atomic E-state index is -3.54. The molecule has 4 heteroatoms. The highest BCUT2D eigenvalue weighted by atomic mass is 32.2. The van der Waals surface area contributed by atoms with Crippen LogP contribution >= 0.6 is 0 Å². The first-order valence-electron chi connectivity index (χ1n) is 10.5. The van der Waals surface area contributed by atoms with Crippen LogP contribution in [0.5, 0.6) is 5.75 Å². The number of unbranched alkanes of at least 4 members (excludes halogenated alkanes) is 10. The first-order valence-corrected chi connectivity index (χ1v) is 12.1. The van der Waals surface area contributed by atoms with Gasteiger partial charge in [-0.15, -0.1) is 0 Å². The topological polar surface area (TPSA) is 43.4 Å². The zero-order valence-electron chi connectivity index (χ0n) is 16.7. The summed E-state index contributed by atoms with van der Waals surface area (Å²) in [6.07, 6.45) is 13.2. The molecule has 0 aliphatic heterocycles. The van der Waals surface area contributed by atoms with Gasteiger partial charge < -0.3 is 4.18 Å². The Morgan fingerprint density at radius 1 is 0.704 bits per heavy atom. The van der Waals surface area contributed by atoms with Crippen molar-refractivity contribution in [2.24, 2.45) is 0 Å². The van der Waals surface area contributed by atoms with Gasteiger partial charge in [-0.2, -0.15) is 8.42 Å². The summed E-state index contributed by atoms with van der Waals surface area (Å²) in [4.78, 5) is 0. The maximum absolute atomic E-state index is 12.3. The van der Waals surface area contributed by atoms with Crippen LogP contribution in [0.1, 0.15) is 77.6 Å². The molecule has 0 radical (unpaired) electrons. The fraction of sp³-hybridized carbons (Fsp3) is 0.565. The van der Waals surface area contributed by atoms with E-state index in [2.05, 4.69) is 6.92 Å². The number of fused-ring (bicyclic) bond motifs is 1. The van der Waals surface area contributed by atoms with Crippen LogP contribution in [0.4, 0.5) is 0 Å². The smallest absolute Gasteiger partial charge is 0.309 e. The Morgan fingerprint density at radius 3 is 1.93 bits per heavy atom. The molecule has 0 spiro atoms. The van der Waals surface area contributed by atoms with E-state index in [9.17, 15) is 8.42 Å². The van der Waals surface area contributed by atoms with Crippen molar-refractivity contribution in [2.45, 2.75) is 77.6 Å². The first-order chi connectivity index (χ1) is 13.1. The number of hydrogen-bond donors (Lipinski definition) is 0. The van der Waals surface area contributed by atoms with Crippen LogP contribution < -0.4 is 4.18 Å². The summed E-state index contributed by atoms with van der Waals surface area (Å²) in [6.45, 7) is 2.24. The van der Waals surface area contributed by atoms with Crippen LogP contribution in [0.15, 0.2) is 42.5 Å². The van der Waals surface area contributed by atoms with Crippen molar-refractivity contribution in [1.82, 2.24) is 0 Å². The van der Waals surface area contributed by atoms with Crippen molar-refractivity contribution in [3.8, 4) is 5.75 Å². The fourth-order valence-electron chi connectivity index (χ4n) is 3.39. The van der Waals surface area contributed by atoms with Gasteiger partial charge in [0.05, 0.1) is 5.75 Å². The molecular formula is C23H34O3S. The summed E-state index contributed by atoms with van der Waals surface area (Å²) in [7, 11) is -3.54. The lowest BCUT2D eigenvalue weighted by Gasteiger charge is -2.09. The summed E-state index contributed by atoms with van der Waals surface area (Å²) in [5, 5.41) is 1.82. The highest BCUT2D eigenvalue weighted by molar-refractivity contribution is 7.87. The molecule has 0 unspecified atom stereocenters. The first kappa shape index (κ1) is 21.7. The molecule has 0 bridgehead atoms. The molecule has 0 heterocycles. The molecule has 150 valence electrons. The molecule has 0 atom stereocenters. The summed E-state index contributed by atoms with van der Waals surface area (Å²) >= 11 is 0. The van der Waals surface area contributed by atoms with Crippen LogP contribution in [0.2, 0.25) is 0 Å². The number of hydrogen-bond acceptors (Lipinski definition) is 3. The lowest BCUT2D eigenvalue weighted by molar-refractivity contribution is 0.483. The summed E-state index contributed by atoms with van der Waals surface area (Å²) in [5.74, 6) is 0.518. The third-order valence-electron chi connectivity index (χ3n) is 4.96. The molecule has 0 N–H and O–H groups in total. The predicted octanol–water partition coefficient (Wildman–Crippen LogP) is 6.86. The molecule has 3 nitrogen and oxygen atoms in total. The molecule has 2 aromatic rings. The van der Waals surface area contributed by atoms with Gasteiger partial charge in [0, 0.05) is 5.39 Å². The van der Waals surface area contributed by atoms with Crippen LogP contribution in [-0.4, -0.2) is 14.2 Å². The van der Waals surface area contributed by atoms with Crippen LogP contribution in [0.3, 0.4) is 0 Å². The summed E-state index contributed by atoms with van der Waals surface area (Å²) in [6, 6.07) is 13.2. The van der Waals surface area contributed by atoms with Gasteiger partial charge >= 0.3 is 10.1 Å². The van der Waals surface area contributed by atoms with Crippen molar-refractivity contribution in [3.05, 3.63) is 42.5 Å². The van der Waals surface area contributed by atoms with Crippen molar-refractivity contribution in [1.29, 1.82) is 0 Å². The van der Waals surface area contributed by atoms with Gasteiger partial charge in [0.15, 0.2) is 0 Å². The van der Waals surface area contributed by atoms with Crippen LogP contribution in [0, 0.1) is 0 Å². The van der Waals surface area contributed by atoms with E-state index >= 15 is 0 Å². The molecule has 2 rings (SSSR count). The van der Waals surface area contributed by atoms with E-state index in [1.54, 1.807) is 6.07 Å². The lowest BCUT2D eigenvalue weighted by Crippen LogP contribution is -2.14. The van der Waals surface area contributed by atoms with Crippen LogP contribution in [0.25, 0.3) is 10.8 Å². The zero-order chi connectivity index (χ0) is 19.4. The highest BCUT2D eigenvalue weighted by Crippen LogP contribution is 2.26. The minimum absolute atomic E-state index is 0.0905. The van der Waals surface area contributed by atoms with E-state index in [0.717, 1.165) is 23.6 Å². The monoisotopic (exact) mass is 390 g/mol. The Morgan fingerprint density at radius 2 is 1.26 bits per heavy atom. The Labute approximate surface area is 165 Å². The normalized spacial score (nSPS) is 11.7. The number of rotatable bonds is 14. The zero-order valence-corrected chi connectivity index (χ0v) is 17.5. The second-order valence-electron chi connectivity index (χ2n) is 7.36. The van der Waals surface area contributed by atoms with Gasteiger partial charge in [-0.1, -0.05) is 108 Å². The fourth-order valence-corrected chi connectivity index (χ4v) is 4.45. The maximum atomic E-state index is 12.3. The van der Waals surface area contributed by atoms with Gasteiger partial charge in [0.2, 0.25) is 0 Å². The molecule has 0 aliphatic rings. The van der Waals surface area contributed by atoms with E-state index in [1.807, 2.05) is 36.4 Å².